The van der Waals surface area contributed by atoms with Crippen LogP contribution in [0.4, 0.5) is 0 Å². The number of hydrogen-bond acceptors (Lipinski definition) is 5. The second kappa shape index (κ2) is 3.47. The van der Waals surface area contributed by atoms with Gasteiger partial charge in [0, 0.05) is 18.9 Å². The minimum atomic E-state index is -0.965. The van der Waals surface area contributed by atoms with E-state index in [1.807, 2.05) is 6.07 Å². The van der Waals surface area contributed by atoms with E-state index in [1.165, 1.54) is 0 Å². The molecule has 3 aliphatic rings. The summed E-state index contributed by atoms with van der Waals surface area (Å²) < 4.78 is 0. The van der Waals surface area contributed by atoms with Crippen molar-refractivity contribution in [1.82, 2.24) is 10.6 Å². The number of rotatable bonds is 0. The predicted octanol–water partition coefficient (Wildman–Crippen LogP) is 0.742. The lowest BCUT2D eigenvalue weighted by Crippen LogP contribution is -2.66. The summed E-state index contributed by atoms with van der Waals surface area (Å²) in [6.45, 7) is 0.298. The number of nitrogens with zero attached hydrogens (tertiary/aromatic N) is 2. The Balaban J connectivity index is 2.24. The number of nitrogens with one attached hydrogen (secondary N) is 2. The SMILES string of the molecule is N#CC1=C(Cl)NC23NCC1(C#N)C2CCCC3=O. The van der Waals surface area contributed by atoms with Gasteiger partial charge in [-0.1, -0.05) is 11.6 Å². The smallest absolute Gasteiger partial charge is 0.173 e. The summed E-state index contributed by atoms with van der Waals surface area (Å²) >= 11 is 6.06. The van der Waals surface area contributed by atoms with E-state index in [1.54, 1.807) is 0 Å². The molecule has 3 rings (SSSR count). The summed E-state index contributed by atoms with van der Waals surface area (Å²) in [7, 11) is 0. The van der Waals surface area contributed by atoms with Gasteiger partial charge < -0.3 is 5.32 Å². The fourth-order valence-corrected chi connectivity index (χ4v) is 3.89. The van der Waals surface area contributed by atoms with Gasteiger partial charge in [-0.15, -0.1) is 0 Å². The molecule has 5 nitrogen and oxygen atoms in total. The van der Waals surface area contributed by atoms with E-state index >= 15 is 0 Å². The van der Waals surface area contributed by atoms with E-state index in [4.69, 9.17) is 11.6 Å². The lowest BCUT2D eigenvalue weighted by atomic mass is 9.62. The molecule has 2 fully saturated rings. The highest BCUT2D eigenvalue weighted by Gasteiger charge is 2.66. The van der Waals surface area contributed by atoms with Gasteiger partial charge in [0.1, 0.15) is 10.6 Å². The molecule has 0 aromatic heterocycles. The normalized spacial score (nSPS) is 41.7. The Kier molecular flexibility index (Phi) is 2.22. The summed E-state index contributed by atoms with van der Waals surface area (Å²) in [6, 6.07) is 4.26. The van der Waals surface area contributed by atoms with E-state index in [-0.39, 0.29) is 22.4 Å². The van der Waals surface area contributed by atoms with E-state index in [0.29, 0.717) is 13.0 Å². The monoisotopic (exact) mass is 262 g/mol. The van der Waals surface area contributed by atoms with Gasteiger partial charge in [0.25, 0.3) is 0 Å². The maximum atomic E-state index is 12.2. The fraction of sp³-hybridized carbons (Fsp3) is 0.583. The van der Waals surface area contributed by atoms with Crippen molar-refractivity contribution in [3.63, 3.8) is 0 Å². The van der Waals surface area contributed by atoms with Gasteiger partial charge in [-0.2, -0.15) is 10.5 Å². The van der Waals surface area contributed by atoms with Gasteiger partial charge in [-0.25, -0.2) is 0 Å². The molecule has 0 amide bonds. The zero-order valence-electron chi connectivity index (χ0n) is 9.59. The Morgan fingerprint density at radius 1 is 1.44 bits per heavy atom. The fourth-order valence-electron chi connectivity index (χ4n) is 3.53. The predicted molar refractivity (Wildman–Crippen MR) is 62.8 cm³/mol. The van der Waals surface area contributed by atoms with Crippen molar-refractivity contribution in [3.8, 4) is 12.1 Å². The number of ketones is 1. The van der Waals surface area contributed by atoms with Crippen molar-refractivity contribution in [2.24, 2.45) is 11.3 Å². The van der Waals surface area contributed by atoms with Crippen LogP contribution in [0, 0.1) is 34.0 Å². The third kappa shape index (κ3) is 1.07. The molecular formula is C12H11ClN4O. The van der Waals surface area contributed by atoms with Crippen molar-refractivity contribution >= 4 is 17.4 Å². The highest BCUT2D eigenvalue weighted by molar-refractivity contribution is 6.30. The quantitative estimate of drug-likeness (QED) is 0.629. The first-order chi connectivity index (χ1) is 8.60. The average molecular weight is 263 g/mol. The van der Waals surface area contributed by atoms with Crippen LogP contribution in [0.1, 0.15) is 19.3 Å². The van der Waals surface area contributed by atoms with Gasteiger partial charge in [-0.3, -0.25) is 10.1 Å². The Morgan fingerprint density at radius 2 is 2.22 bits per heavy atom. The summed E-state index contributed by atoms with van der Waals surface area (Å²) in [6.07, 6.45) is 1.98. The summed E-state index contributed by atoms with van der Waals surface area (Å²) in [5.41, 5.74) is -1.65. The second-order valence-corrected chi connectivity index (χ2v) is 5.42. The number of hydrogen-bond donors (Lipinski definition) is 2. The Hall–Kier alpha value is -1.56. The third-order valence-electron chi connectivity index (χ3n) is 4.38. The molecule has 2 bridgehead atoms. The second-order valence-electron chi connectivity index (χ2n) is 5.04. The Labute approximate surface area is 109 Å². The molecule has 18 heavy (non-hydrogen) atoms. The molecule has 3 unspecified atom stereocenters. The van der Waals surface area contributed by atoms with Crippen molar-refractivity contribution in [1.29, 1.82) is 10.5 Å². The maximum Gasteiger partial charge on any atom is 0.173 e. The van der Waals surface area contributed by atoms with Crippen molar-refractivity contribution in [2.45, 2.75) is 24.9 Å². The molecule has 0 aromatic rings. The Bertz CT molecular complexity index is 557. The lowest BCUT2D eigenvalue weighted by molar-refractivity contribution is -0.131. The Morgan fingerprint density at radius 3 is 2.89 bits per heavy atom. The van der Waals surface area contributed by atoms with Crippen LogP contribution in [-0.2, 0) is 4.79 Å². The maximum absolute atomic E-state index is 12.2. The number of carbonyl (C=O) groups excluding carboxylic acids is 1. The van der Waals surface area contributed by atoms with Gasteiger partial charge in [0.05, 0.1) is 17.7 Å². The number of Topliss-reactive ketones (excluding diaryl/α,β-unsaturated/α-hetero) is 1. The van der Waals surface area contributed by atoms with Gasteiger partial charge >= 0.3 is 0 Å². The summed E-state index contributed by atoms with van der Waals surface area (Å²) in [5, 5.41) is 25.0. The highest BCUT2D eigenvalue weighted by atomic mass is 35.5. The van der Waals surface area contributed by atoms with Crippen LogP contribution in [0.25, 0.3) is 0 Å². The third-order valence-corrected chi connectivity index (χ3v) is 4.67. The molecule has 92 valence electrons. The number of halogens is 1. The first kappa shape index (κ1) is 11.5. The topological polar surface area (TPSA) is 88.7 Å². The zero-order valence-corrected chi connectivity index (χ0v) is 10.3. The molecule has 2 N–H and O–H groups in total. The minimum Gasteiger partial charge on any atom is -0.351 e. The van der Waals surface area contributed by atoms with Crippen molar-refractivity contribution < 1.29 is 4.79 Å². The molecule has 0 aromatic carbocycles. The van der Waals surface area contributed by atoms with Gasteiger partial charge in [-0.05, 0) is 12.8 Å². The highest BCUT2D eigenvalue weighted by Crippen LogP contribution is 2.54. The molecule has 0 spiro atoms. The van der Waals surface area contributed by atoms with Crippen LogP contribution in [0.5, 0.6) is 0 Å². The van der Waals surface area contributed by atoms with Crippen LogP contribution < -0.4 is 10.6 Å². The van der Waals surface area contributed by atoms with E-state index < -0.39 is 11.1 Å². The first-order valence-electron chi connectivity index (χ1n) is 5.89. The van der Waals surface area contributed by atoms with Crippen LogP contribution in [0.2, 0.25) is 0 Å². The van der Waals surface area contributed by atoms with E-state index in [9.17, 15) is 15.3 Å². The van der Waals surface area contributed by atoms with Crippen LogP contribution in [0.3, 0.4) is 0 Å². The number of nitriles is 2. The van der Waals surface area contributed by atoms with Crippen molar-refractivity contribution in [2.75, 3.05) is 6.54 Å². The van der Waals surface area contributed by atoms with Crippen molar-refractivity contribution in [3.05, 3.63) is 10.7 Å². The zero-order chi connectivity index (χ0) is 13.0. The number of carbonyl (C=O) groups is 1. The molecule has 3 atom stereocenters. The molecule has 2 heterocycles. The standard InChI is InChI=1S/C12H11ClN4O/c13-10-7(4-14)11(5-15)6-16-12(17-10)8(11)2-1-3-9(12)18/h8,16-17H,1-3,6H2. The van der Waals surface area contributed by atoms with Gasteiger partial charge in [0.15, 0.2) is 11.4 Å². The lowest BCUT2D eigenvalue weighted by Gasteiger charge is -2.45. The molecule has 6 heteroatoms. The van der Waals surface area contributed by atoms with E-state index in [0.717, 1.165) is 12.8 Å². The van der Waals surface area contributed by atoms with Crippen LogP contribution >= 0.6 is 11.6 Å². The summed E-state index contributed by atoms with van der Waals surface area (Å²) in [5.74, 6) is -0.181. The van der Waals surface area contributed by atoms with Crippen LogP contribution in [-0.4, -0.2) is 18.0 Å². The molecule has 1 aliphatic carbocycles. The minimum absolute atomic E-state index is 0.0333. The molecule has 2 aliphatic heterocycles. The molecule has 0 radical (unpaired) electrons. The van der Waals surface area contributed by atoms with E-state index in [2.05, 4.69) is 16.7 Å². The molecule has 1 saturated carbocycles. The first-order valence-corrected chi connectivity index (χ1v) is 6.26. The molecular weight excluding hydrogens is 252 g/mol. The summed E-state index contributed by atoms with van der Waals surface area (Å²) in [4.78, 5) is 12.2. The van der Waals surface area contributed by atoms with Gasteiger partial charge in [0.2, 0.25) is 0 Å². The van der Waals surface area contributed by atoms with Crippen LogP contribution in [0.15, 0.2) is 10.7 Å². The molecule has 1 saturated heterocycles. The largest absolute Gasteiger partial charge is 0.351 e. The average Bonchev–Trinajstić information content (AvgIpc) is 2.62.